The molecule has 1 aliphatic rings. The molecule has 0 fully saturated rings. The molecule has 5 aromatic rings. The Morgan fingerprint density at radius 2 is 1.75 bits per heavy atom. The molecule has 0 spiro atoms. The fourth-order valence-electron chi connectivity index (χ4n) is 5.92. The summed E-state index contributed by atoms with van der Waals surface area (Å²) in [4.78, 5) is 32.8. The third-order valence-electron chi connectivity index (χ3n) is 8.24. The van der Waals surface area contributed by atoms with Gasteiger partial charge in [0.1, 0.15) is 5.82 Å². The second kappa shape index (κ2) is 11.8. The van der Waals surface area contributed by atoms with E-state index in [1.165, 1.54) is 29.0 Å². The summed E-state index contributed by atoms with van der Waals surface area (Å²) in [5.41, 5.74) is 6.63. The predicted octanol–water partition coefficient (Wildman–Crippen LogP) is 6.37. The molecule has 6 nitrogen and oxygen atoms in total. The molecular weight excluding hydrogens is 573 g/mol. The zero-order valence-electron chi connectivity index (χ0n) is 25.4. The van der Waals surface area contributed by atoms with E-state index in [1.807, 2.05) is 49.4 Å². The van der Waals surface area contributed by atoms with Gasteiger partial charge >= 0.3 is 5.97 Å². The van der Waals surface area contributed by atoms with E-state index in [0.29, 0.717) is 33.1 Å². The number of aromatic nitrogens is 2. The van der Waals surface area contributed by atoms with E-state index < -0.39 is 12.0 Å². The lowest BCUT2D eigenvalue weighted by Gasteiger charge is -2.25. The van der Waals surface area contributed by atoms with Crippen molar-refractivity contribution in [3.63, 3.8) is 0 Å². The Labute approximate surface area is 259 Å². The van der Waals surface area contributed by atoms with E-state index >= 15 is 0 Å². The summed E-state index contributed by atoms with van der Waals surface area (Å²) in [5, 5.41) is 1.02. The molecule has 0 saturated carbocycles. The van der Waals surface area contributed by atoms with Gasteiger partial charge in [-0.3, -0.25) is 9.36 Å². The van der Waals surface area contributed by atoms with Crippen molar-refractivity contribution in [1.29, 1.82) is 0 Å². The summed E-state index contributed by atoms with van der Waals surface area (Å²) >= 11 is 1.32. The minimum Gasteiger partial charge on any atom is -0.463 e. The van der Waals surface area contributed by atoms with Gasteiger partial charge in [0.05, 0.1) is 28.5 Å². The lowest BCUT2D eigenvalue weighted by Crippen LogP contribution is -2.40. The van der Waals surface area contributed by atoms with Crippen molar-refractivity contribution in [3.8, 4) is 0 Å². The Morgan fingerprint density at radius 1 is 1.05 bits per heavy atom. The van der Waals surface area contributed by atoms with Crippen molar-refractivity contribution in [2.45, 2.75) is 53.1 Å². The highest BCUT2D eigenvalue weighted by Crippen LogP contribution is 2.32. The number of fused-ring (bicyclic) bond motifs is 2. The molecule has 6 rings (SSSR count). The highest BCUT2D eigenvalue weighted by atomic mass is 32.1. The number of hydrogen-bond acceptors (Lipinski definition) is 5. The Morgan fingerprint density at radius 3 is 2.43 bits per heavy atom. The summed E-state index contributed by atoms with van der Waals surface area (Å²) in [6.45, 7) is 10.6. The first kappa shape index (κ1) is 29.5. The smallest absolute Gasteiger partial charge is 0.338 e. The first-order valence-electron chi connectivity index (χ1n) is 14.8. The molecule has 0 unspecified atom stereocenters. The number of ether oxygens (including phenoxy) is 1. The Kier molecular flexibility index (Phi) is 7.95. The third-order valence-corrected chi connectivity index (χ3v) is 9.23. The van der Waals surface area contributed by atoms with Gasteiger partial charge in [-0.1, -0.05) is 79.8 Å². The van der Waals surface area contributed by atoms with Crippen molar-refractivity contribution in [3.05, 3.63) is 138 Å². The second-order valence-electron chi connectivity index (χ2n) is 11.4. The number of carbonyl (C=O) groups excluding carboxylic acids is 1. The average Bonchev–Trinajstić information content (AvgIpc) is 3.46. The highest BCUT2D eigenvalue weighted by Gasteiger charge is 2.33. The maximum absolute atomic E-state index is 14.3. The number of benzene rings is 3. The molecule has 0 saturated heterocycles. The second-order valence-corrected chi connectivity index (χ2v) is 12.4. The van der Waals surface area contributed by atoms with Crippen LogP contribution in [0, 0.1) is 12.7 Å². The molecule has 0 radical (unpaired) electrons. The number of rotatable bonds is 7. The Hall–Kier alpha value is -4.56. The van der Waals surface area contributed by atoms with E-state index in [-0.39, 0.29) is 18.0 Å². The van der Waals surface area contributed by atoms with Crippen LogP contribution in [0.3, 0.4) is 0 Å². The largest absolute Gasteiger partial charge is 0.463 e. The van der Waals surface area contributed by atoms with Crippen LogP contribution in [0.5, 0.6) is 0 Å². The van der Waals surface area contributed by atoms with Crippen molar-refractivity contribution in [2.75, 3.05) is 6.61 Å². The molecule has 1 atom stereocenters. The summed E-state index contributed by atoms with van der Waals surface area (Å²) in [6, 6.07) is 22.0. The zero-order chi connectivity index (χ0) is 31.1. The number of carbonyl (C=O) groups is 1. The number of allylic oxidation sites excluding steroid dienone is 1. The summed E-state index contributed by atoms with van der Waals surface area (Å²) < 4.78 is 23.4. The summed E-state index contributed by atoms with van der Waals surface area (Å²) in [7, 11) is 0. The van der Waals surface area contributed by atoms with Crippen LogP contribution in [0.4, 0.5) is 4.39 Å². The van der Waals surface area contributed by atoms with Gasteiger partial charge in [-0.25, -0.2) is 14.2 Å². The number of nitrogens with zero attached hydrogens (tertiary/aromatic N) is 3. The van der Waals surface area contributed by atoms with E-state index in [2.05, 4.69) is 30.5 Å². The van der Waals surface area contributed by atoms with Crippen LogP contribution in [-0.4, -0.2) is 21.7 Å². The van der Waals surface area contributed by atoms with Crippen molar-refractivity contribution >= 4 is 34.3 Å². The number of esters is 1. The topological polar surface area (TPSA) is 65.6 Å². The highest BCUT2D eigenvalue weighted by molar-refractivity contribution is 7.07. The molecule has 0 amide bonds. The van der Waals surface area contributed by atoms with Gasteiger partial charge in [0.15, 0.2) is 4.80 Å². The lowest BCUT2D eigenvalue weighted by atomic mass is 9.93. The van der Waals surface area contributed by atoms with E-state index in [1.54, 1.807) is 30.5 Å². The lowest BCUT2D eigenvalue weighted by molar-refractivity contribution is -0.139. The quantitative estimate of drug-likeness (QED) is 0.202. The van der Waals surface area contributed by atoms with Crippen molar-refractivity contribution in [1.82, 2.24) is 9.13 Å². The van der Waals surface area contributed by atoms with Gasteiger partial charge in [0.25, 0.3) is 5.56 Å². The van der Waals surface area contributed by atoms with Gasteiger partial charge in [0.2, 0.25) is 0 Å². The molecule has 2 aromatic heterocycles. The van der Waals surface area contributed by atoms with Crippen LogP contribution in [0.1, 0.15) is 67.6 Å². The molecule has 3 heterocycles. The number of para-hydroxylation sites is 1. The van der Waals surface area contributed by atoms with E-state index in [9.17, 15) is 14.0 Å². The van der Waals surface area contributed by atoms with Gasteiger partial charge in [-0.15, -0.1) is 0 Å². The number of halogens is 1. The predicted molar refractivity (Wildman–Crippen MR) is 173 cm³/mol. The van der Waals surface area contributed by atoms with Crippen LogP contribution in [0.25, 0.3) is 17.0 Å². The standard InChI is InChI=1S/C36H34FN3O3S/c1-6-43-35(42)32-22(4)38-36-40(33(32)26-15-13-25(14-16-26)21(2)3)34(41)31(44-36)19-29-23(5)39(30-10-8-7-9-28(29)30)20-24-11-17-27(37)18-12-24/h7-19,21,33H,6,20H2,1-5H3/b31-19-/t33-/m1/s1. The molecule has 224 valence electrons. The first-order chi connectivity index (χ1) is 21.2. The number of hydrogen-bond donors (Lipinski definition) is 0. The monoisotopic (exact) mass is 607 g/mol. The van der Waals surface area contributed by atoms with Crippen molar-refractivity contribution < 1.29 is 13.9 Å². The average molecular weight is 608 g/mol. The SMILES string of the molecule is CCOC(=O)C1=C(C)N=c2s/c(=C\c3c(C)n(Cc4ccc(F)cc4)c4ccccc34)c(=O)n2[C@@H]1c1ccc(C(C)C)cc1. The zero-order valence-corrected chi connectivity index (χ0v) is 26.2. The molecule has 44 heavy (non-hydrogen) atoms. The normalized spacial score (nSPS) is 15.2. The first-order valence-corrected chi connectivity index (χ1v) is 15.6. The van der Waals surface area contributed by atoms with Gasteiger partial charge in [0, 0.05) is 28.7 Å². The maximum atomic E-state index is 14.3. The van der Waals surface area contributed by atoms with Crippen LogP contribution < -0.4 is 14.9 Å². The molecule has 0 N–H and O–H groups in total. The third kappa shape index (κ3) is 5.24. The molecule has 1 aliphatic heterocycles. The molecular formula is C36H34FN3O3S. The molecule has 3 aromatic carbocycles. The van der Waals surface area contributed by atoms with Gasteiger partial charge in [-0.2, -0.15) is 0 Å². The minimum atomic E-state index is -0.658. The fraction of sp³-hybridized carbons (Fsp3) is 0.250. The Bertz CT molecular complexity index is 2100. The Balaban J connectivity index is 1.53. The van der Waals surface area contributed by atoms with Crippen LogP contribution in [0.15, 0.2) is 93.9 Å². The van der Waals surface area contributed by atoms with Crippen LogP contribution in [0.2, 0.25) is 0 Å². The van der Waals surface area contributed by atoms with Gasteiger partial charge in [-0.05, 0) is 67.7 Å². The van der Waals surface area contributed by atoms with Crippen molar-refractivity contribution in [2.24, 2.45) is 4.99 Å². The minimum absolute atomic E-state index is 0.212. The maximum Gasteiger partial charge on any atom is 0.338 e. The summed E-state index contributed by atoms with van der Waals surface area (Å²) in [5.74, 6) is -0.392. The fourth-order valence-corrected chi connectivity index (χ4v) is 6.95. The van der Waals surface area contributed by atoms with Crippen LogP contribution >= 0.6 is 11.3 Å². The van der Waals surface area contributed by atoms with Gasteiger partial charge < -0.3 is 9.30 Å². The molecule has 8 heteroatoms. The van der Waals surface area contributed by atoms with E-state index in [4.69, 9.17) is 9.73 Å². The summed E-state index contributed by atoms with van der Waals surface area (Å²) in [6.07, 6.45) is 1.94. The number of thiazole rings is 1. The van der Waals surface area contributed by atoms with E-state index in [0.717, 1.165) is 33.3 Å². The molecule has 0 aliphatic carbocycles. The molecule has 0 bridgehead atoms. The van der Waals surface area contributed by atoms with Crippen LogP contribution in [-0.2, 0) is 16.1 Å².